The number of amides is 3. The summed E-state index contributed by atoms with van der Waals surface area (Å²) in [5.74, 6) is 9.99. The predicted octanol–water partition coefficient (Wildman–Crippen LogP) is 7.64. The van der Waals surface area contributed by atoms with E-state index in [2.05, 4.69) is 149 Å². The second-order valence-corrected chi connectivity index (χ2v) is 31.8. The van der Waals surface area contributed by atoms with Gasteiger partial charge in [0.15, 0.2) is 23.3 Å². The normalized spacial score (nSPS) is 16.1. The van der Waals surface area contributed by atoms with Crippen molar-refractivity contribution in [3.63, 3.8) is 0 Å². The number of pyridine rings is 8. The Kier molecular flexibility index (Phi) is 22.1. The highest BCUT2D eigenvalue weighted by atomic mass is 16.2. The molecule has 0 aromatic carbocycles. The zero-order valence-electron chi connectivity index (χ0n) is 72.4. The lowest BCUT2D eigenvalue weighted by molar-refractivity contribution is -0.130. The highest BCUT2D eigenvalue weighted by Crippen LogP contribution is 2.37. The number of aryl methyl sites for hydroxylation is 2. The van der Waals surface area contributed by atoms with Crippen molar-refractivity contribution in [2.75, 3.05) is 92.6 Å². The summed E-state index contributed by atoms with van der Waals surface area (Å²) < 4.78 is 9.30. The van der Waals surface area contributed by atoms with Gasteiger partial charge in [-0.2, -0.15) is 20.4 Å². The minimum absolute atomic E-state index is 0.0391. The van der Waals surface area contributed by atoms with E-state index in [1.54, 1.807) is 90.7 Å². The van der Waals surface area contributed by atoms with Crippen LogP contribution < -0.4 is 86.7 Å². The molecule has 0 unspecified atom stereocenters. The molecule has 8 aliphatic rings. The monoisotopic (exact) mass is 1760 g/mol. The highest BCUT2D eigenvalue weighted by Gasteiger charge is 2.28. The maximum absolute atomic E-state index is 12.1. The number of allylic oxidation sites excluding steroid dienone is 5. The number of nitrogens with zero attached hydrogens (tertiary/aromatic N) is 27. The number of nitrogens with two attached hydrogens (primary N) is 7. The van der Waals surface area contributed by atoms with Gasteiger partial charge in [-0.15, -0.1) is 0 Å². The van der Waals surface area contributed by atoms with Crippen molar-refractivity contribution in [3.8, 4) is 0 Å². The van der Waals surface area contributed by atoms with E-state index in [0.29, 0.717) is 148 Å². The number of rotatable bonds is 12. The lowest BCUT2D eigenvalue weighted by atomic mass is 10.1. The Morgan fingerprint density at radius 2 is 0.763 bits per heavy atom. The largest absolute Gasteiger partial charge is 0.396 e. The third kappa shape index (κ3) is 17.1. The van der Waals surface area contributed by atoms with E-state index >= 15 is 0 Å². The average Bonchev–Trinajstić information content (AvgIpc) is 1.03. The molecule has 13 aromatic rings. The quantitative estimate of drug-likeness (QED) is 0.0558. The molecule has 43 heteroatoms. The van der Waals surface area contributed by atoms with Gasteiger partial charge in [0.2, 0.25) is 17.7 Å². The molecule has 20 N–H and O–H groups in total. The number of likely N-dealkylation sites (N-methyl/N-ethyl adjacent to an activating group) is 1. The first-order valence-corrected chi connectivity index (χ1v) is 41.6. The summed E-state index contributed by atoms with van der Waals surface area (Å²) in [4.78, 5) is 102. The van der Waals surface area contributed by atoms with Crippen LogP contribution in [0.4, 0.5) is 87.3 Å². The molecule has 0 atom stereocenters. The van der Waals surface area contributed by atoms with Crippen LogP contribution in [0.3, 0.4) is 0 Å². The van der Waals surface area contributed by atoms with Crippen LogP contribution in [0, 0.1) is 0 Å². The summed E-state index contributed by atoms with van der Waals surface area (Å²) >= 11 is 0. The number of hydrogen-bond acceptors (Lipinski definition) is 35. The maximum Gasteiger partial charge on any atom is 0.244 e. The highest BCUT2D eigenvalue weighted by molar-refractivity contribution is 6.13. The molecule has 21 heterocycles. The lowest BCUT2D eigenvalue weighted by Gasteiger charge is -2.25. The van der Waals surface area contributed by atoms with Crippen LogP contribution in [0.2, 0.25) is 0 Å². The number of aromatic nitrogens is 18. The summed E-state index contributed by atoms with van der Waals surface area (Å²) in [5, 5.41) is 43.3. The lowest BCUT2D eigenvalue weighted by Crippen LogP contribution is -2.29. The van der Waals surface area contributed by atoms with Crippen molar-refractivity contribution < 1.29 is 14.4 Å². The van der Waals surface area contributed by atoms with Crippen molar-refractivity contribution in [1.29, 1.82) is 0 Å². The molecule has 3 amide bonds. The third-order valence-corrected chi connectivity index (χ3v) is 23.3. The Hall–Kier alpha value is -17.7. The molecule has 131 heavy (non-hydrogen) atoms. The zero-order valence-corrected chi connectivity index (χ0v) is 72.4. The van der Waals surface area contributed by atoms with E-state index in [9.17, 15) is 14.4 Å². The molecule has 662 valence electrons. The Balaban J connectivity index is 0.000000117. The molecule has 0 bridgehead atoms. The fourth-order valence-electron chi connectivity index (χ4n) is 15.6. The van der Waals surface area contributed by atoms with Crippen LogP contribution >= 0.6 is 0 Å². The van der Waals surface area contributed by atoms with Gasteiger partial charge >= 0.3 is 0 Å². The van der Waals surface area contributed by atoms with Gasteiger partial charge in [0.05, 0.1) is 46.4 Å². The summed E-state index contributed by atoms with van der Waals surface area (Å²) in [6.07, 6.45) is 20.3. The SMILES string of the molecule is C=C1N=CC(c2cc3cc(Nc4cc5n(n4)CC(=O)NCC5)ncc3c(N)n2)=C(C)N1C.C=C1N=CN(c2cc3cc(Nc4cc5n(n4)CC(=O)N(C)CC5)ncc3c(N)n2)C(C)=C1N.C=C1N=CN(c2cc3cc(Nc4cc5n(n4)CC(=O)NCC5)ncc3c(N)n2)C(C)=C1N.C=C1N=CN(c2cc3cc(Nc4cc5n(n4)Cc4nccn4CC5)ncc3c(N)n2)C(C)=C1N. The Morgan fingerprint density at radius 1 is 0.397 bits per heavy atom. The van der Waals surface area contributed by atoms with Gasteiger partial charge in [-0.1, -0.05) is 26.3 Å². The van der Waals surface area contributed by atoms with Gasteiger partial charge in [0.25, 0.3) is 0 Å². The van der Waals surface area contributed by atoms with Gasteiger partial charge in [-0.25, -0.2) is 64.8 Å². The van der Waals surface area contributed by atoms with Crippen molar-refractivity contribution in [2.24, 2.45) is 37.2 Å². The molecule has 0 spiro atoms. The predicted molar refractivity (Wildman–Crippen MR) is 507 cm³/mol. The molecular formula is C88H92N40O3. The number of anilines is 15. The van der Waals surface area contributed by atoms with E-state index in [1.807, 2.05) is 123 Å². The molecular weight excluding hydrogens is 1670 g/mol. The first-order chi connectivity index (χ1) is 63.0. The maximum atomic E-state index is 12.1. The van der Waals surface area contributed by atoms with Gasteiger partial charge < -0.3 is 86.4 Å². The number of nitrogens with one attached hydrogen (secondary N) is 6. The minimum atomic E-state index is -0.0486. The first-order valence-electron chi connectivity index (χ1n) is 41.6. The zero-order chi connectivity index (χ0) is 91.5. The molecule has 8 aliphatic heterocycles. The first kappa shape index (κ1) is 84.2. The number of hydrogen-bond donors (Lipinski definition) is 13. The summed E-state index contributed by atoms with van der Waals surface area (Å²) in [5.41, 5.74) is 55.3. The molecule has 0 radical (unpaired) electrons. The molecule has 43 nitrogen and oxygen atoms in total. The Labute approximate surface area is 747 Å². The van der Waals surface area contributed by atoms with Gasteiger partial charge in [0.1, 0.15) is 114 Å². The summed E-state index contributed by atoms with van der Waals surface area (Å²) in [6, 6.07) is 23.1. The van der Waals surface area contributed by atoms with Crippen LogP contribution in [0.1, 0.15) is 62.0 Å². The fraction of sp³-hybridized carbons (Fsp3) is 0.205. The van der Waals surface area contributed by atoms with E-state index in [0.717, 1.165) is 144 Å². The average molecular weight is 1760 g/mol. The standard InChI is InChI=1S/C23H23N11.C22H24N10O.C22H23N9O.C21H22N10O/c1-13-22(24)14(2)33(12-28-13)20-8-15-7-18(27-10-17(15)23(25)30-20)29-19-9-16-3-5-32-6-4-26-21(32)11-34(16)31-19;1-12-21(23)13(2)31(11-26-12)19-7-14-6-17(25-9-16(14)22(24)28-19)27-18-8-15-4-5-30(3)20(33)10-32(15)29-18;1-12-16(9-25-13(2)30(12)3)18-6-14-7-19(26-10-17(14)22(23)27-18)28-20-8-15-4-5-24-21(32)11-31(15)29-20;1-11-20(22)12(2)30(10-26-11)18-6-13-5-16(25-8-15(13)21(23)28-18)27-17-7-14-3-4-24-19(32)9-31(14)29-17/h4,6-10,12H,1,3,5,11,24H2,2H3,(H2,25,30)(H,27,29,31);6-9,11H,1,4-5,10,23H2,2-3H3,(H2,24,28)(H,25,27,29);6-10H,2,4-5,11H2,1,3H3,(H2,23,27)(H,24,32)(H,26,28,29);5-8,10H,1,3-4,9,22H2,2H3,(H2,23,28)(H,24,32)(H,25,27,29). The number of nitrogen functional groups attached to an aromatic ring is 4. The van der Waals surface area contributed by atoms with Crippen molar-refractivity contribution in [3.05, 3.63) is 233 Å². The Bertz CT molecular complexity index is 7260. The van der Waals surface area contributed by atoms with Crippen LogP contribution in [-0.4, -0.2) is 175 Å². The molecule has 0 fully saturated rings. The molecule has 0 saturated heterocycles. The van der Waals surface area contributed by atoms with Crippen molar-refractivity contribution >= 4 is 179 Å². The van der Waals surface area contributed by atoms with E-state index in [4.69, 9.17) is 45.2 Å². The summed E-state index contributed by atoms with van der Waals surface area (Å²) in [6.45, 7) is 27.1. The van der Waals surface area contributed by atoms with Crippen molar-refractivity contribution in [2.45, 2.75) is 86.1 Å². The van der Waals surface area contributed by atoms with Gasteiger partial charge in [0, 0.05) is 206 Å². The number of carbonyl (C=O) groups is 3. The molecule has 13 aromatic heterocycles. The third-order valence-electron chi connectivity index (χ3n) is 23.3. The van der Waals surface area contributed by atoms with E-state index < -0.39 is 0 Å². The van der Waals surface area contributed by atoms with Crippen LogP contribution in [0.15, 0.2) is 219 Å². The number of fused-ring (bicyclic) bond motifs is 9. The molecule has 0 aliphatic carbocycles. The molecule has 21 rings (SSSR count). The minimum Gasteiger partial charge on any atom is -0.396 e. The van der Waals surface area contributed by atoms with Crippen LogP contribution in [-0.2, 0) is 72.8 Å². The fourth-order valence-corrected chi connectivity index (χ4v) is 15.6. The number of aliphatic imine (C=N–C) groups is 4. The van der Waals surface area contributed by atoms with Gasteiger partial charge in [-0.3, -0.25) is 47.8 Å². The van der Waals surface area contributed by atoms with E-state index in [-0.39, 0.29) is 37.4 Å². The molecule has 0 saturated carbocycles. The van der Waals surface area contributed by atoms with Gasteiger partial charge in [-0.05, 0) is 97.8 Å². The topological polar surface area (TPSA) is 563 Å². The Morgan fingerprint density at radius 3 is 1.18 bits per heavy atom. The number of carbonyl (C=O) groups excluding carboxylic acids is 3. The second kappa shape index (κ2) is 34.3. The summed E-state index contributed by atoms with van der Waals surface area (Å²) in [7, 11) is 3.72. The second-order valence-electron chi connectivity index (χ2n) is 31.8. The van der Waals surface area contributed by atoms with Crippen molar-refractivity contribution in [1.82, 2.24) is 109 Å². The van der Waals surface area contributed by atoms with Crippen LogP contribution in [0.25, 0.3) is 48.7 Å². The smallest absolute Gasteiger partial charge is 0.244 e. The van der Waals surface area contributed by atoms with E-state index in [1.165, 1.54) is 0 Å². The van der Waals surface area contributed by atoms with Crippen LogP contribution in [0.5, 0.6) is 0 Å². The number of imidazole rings is 1.